The van der Waals surface area contributed by atoms with Crippen LogP contribution in [0, 0.1) is 5.92 Å². The third-order valence-electron chi connectivity index (χ3n) is 2.61. The summed E-state index contributed by atoms with van der Waals surface area (Å²) in [6.07, 6.45) is 3.58. The fourth-order valence-electron chi connectivity index (χ4n) is 1.56. The smallest absolute Gasteiger partial charge is 0.191 e. The van der Waals surface area contributed by atoms with E-state index in [1.54, 1.807) is 0 Å². The zero-order chi connectivity index (χ0) is 9.68. The predicted octanol–water partition coefficient (Wildman–Crippen LogP) is 1.44. The van der Waals surface area contributed by atoms with Gasteiger partial charge in [0.1, 0.15) is 0 Å². The Kier molecular flexibility index (Phi) is 4.06. The molecule has 3 heteroatoms. The molecular weight excluding hydrogens is 162 g/mol. The quantitative estimate of drug-likeness (QED) is 0.520. The Hall–Kier alpha value is -0.730. The number of hydrogen-bond acceptors (Lipinski definition) is 1. The van der Waals surface area contributed by atoms with E-state index in [9.17, 15) is 0 Å². The Morgan fingerprint density at radius 1 is 1.46 bits per heavy atom. The topological polar surface area (TPSA) is 41.6 Å². The number of hydrogen-bond donors (Lipinski definition) is 1. The van der Waals surface area contributed by atoms with Crippen LogP contribution in [-0.4, -0.2) is 30.5 Å². The highest BCUT2D eigenvalue weighted by Gasteiger charge is 2.16. The Morgan fingerprint density at radius 2 is 2.08 bits per heavy atom. The Bertz CT molecular complexity index is 169. The monoisotopic (exact) mass is 183 g/mol. The minimum absolute atomic E-state index is 0.744. The summed E-state index contributed by atoms with van der Waals surface area (Å²) >= 11 is 0. The molecule has 13 heavy (non-hydrogen) atoms. The lowest BCUT2D eigenvalue weighted by Crippen LogP contribution is -2.42. The third-order valence-corrected chi connectivity index (χ3v) is 2.61. The van der Waals surface area contributed by atoms with Crippen LogP contribution in [0.2, 0.25) is 0 Å². The van der Waals surface area contributed by atoms with E-state index in [4.69, 9.17) is 5.73 Å². The first-order chi connectivity index (χ1) is 6.24. The molecule has 1 aliphatic heterocycles. The van der Waals surface area contributed by atoms with Gasteiger partial charge in [-0.15, -0.1) is 0 Å². The highest BCUT2D eigenvalue weighted by atomic mass is 15.2. The van der Waals surface area contributed by atoms with Gasteiger partial charge in [-0.1, -0.05) is 13.8 Å². The van der Waals surface area contributed by atoms with Crippen LogP contribution in [0.25, 0.3) is 0 Å². The molecule has 1 saturated heterocycles. The largest absolute Gasteiger partial charge is 0.370 e. The number of nitrogens with zero attached hydrogens (tertiary/aromatic N) is 2. The molecule has 0 atom stereocenters. The molecule has 76 valence electrons. The van der Waals surface area contributed by atoms with Gasteiger partial charge in [0.05, 0.1) is 0 Å². The maximum atomic E-state index is 5.86. The lowest BCUT2D eigenvalue weighted by atomic mass is 10.00. The first kappa shape index (κ1) is 10.4. The number of piperidine rings is 1. The lowest BCUT2D eigenvalue weighted by molar-refractivity contribution is 0.277. The molecule has 0 bridgehead atoms. The minimum Gasteiger partial charge on any atom is -0.370 e. The SMILES string of the molecule is CCCN=C(N)N1CCC(C)CC1. The number of guanidine groups is 1. The van der Waals surface area contributed by atoms with E-state index in [0.29, 0.717) is 0 Å². The van der Waals surface area contributed by atoms with Gasteiger partial charge in [0.2, 0.25) is 0 Å². The van der Waals surface area contributed by atoms with Crippen molar-refractivity contribution in [3.8, 4) is 0 Å². The van der Waals surface area contributed by atoms with Gasteiger partial charge < -0.3 is 10.6 Å². The summed E-state index contributed by atoms with van der Waals surface area (Å²) in [5.41, 5.74) is 5.86. The fourth-order valence-corrected chi connectivity index (χ4v) is 1.56. The van der Waals surface area contributed by atoms with Crippen molar-refractivity contribution in [2.45, 2.75) is 33.1 Å². The van der Waals surface area contributed by atoms with Gasteiger partial charge in [-0.2, -0.15) is 0 Å². The minimum atomic E-state index is 0.744. The first-order valence-electron chi connectivity index (χ1n) is 5.29. The fraction of sp³-hybridized carbons (Fsp3) is 0.900. The summed E-state index contributed by atoms with van der Waals surface area (Å²) in [6.45, 7) is 7.45. The van der Waals surface area contributed by atoms with Crippen molar-refractivity contribution in [3.05, 3.63) is 0 Å². The van der Waals surface area contributed by atoms with Crippen LogP contribution in [0.4, 0.5) is 0 Å². The van der Waals surface area contributed by atoms with Gasteiger partial charge in [0.25, 0.3) is 0 Å². The Morgan fingerprint density at radius 3 is 2.62 bits per heavy atom. The second-order valence-corrected chi connectivity index (χ2v) is 3.91. The Balaban J connectivity index is 2.35. The van der Waals surface area contributed by atoms with Crippen LogP contribution in [-0.2, 0) is 0 Å². The number of likely N-dealkylation sites (tertiary alicyclic amines) is 1. The highest BCUT2D eigenvalue weighted by molar-refractivity contribution is 5.78. The highest BCUT2D eigenvalue weighted by Crippen LogP contribution is 2.15. The van der Waals surface area contributed by atoms with E-state index >= 15 is 0 Å². The van der Waals surface area contributed by atoms with Crippen molar-refractivity contribution in [2.75, 3.05) is 19.6 Å². The van der Waals surface area contributed by atoms with Crippen LogP contribution >= 0.6 is 0 Å². The molecule has 0 radical (unpaired) electrons. The van der Waals surface area contributed by atoms with Crippen LogP contribution in [0.5, 0.6) is 0 Å². The maximum absolute atomic E-state index is 5.86. The van der Waals surface area contributed by atoms with Crippen LogP contribution in [0.1, 0.15) is 33.1 Å². The molecular formula is C10H21N3. The third kappa shape index (κ3) is 3.25. The van der Waals surface area contributed by atoms with Crippen molar-refractivity contribution < 1.29 is 0 Å². The molecule has 0 unspecified atom stereocenters. The Labute approximate surface area is 81.0 Å². The molecule has 1 aliphatic rings. The van der Waals surface area contributed by atoms with Gasteiger partial charge >= 0.3 is 0 Å². The van der Waals surface area contributed by atoms with Crippen LogP contribution in [0.3, 0.4) is 0 Å². The molecule has 0 aromatic heterocycles. The molecule has 2 N–H and O–H groups in total. The van der Waals surface area contributed by atoms with E-state index in [1.807, 2.05) is 0 Å². The van der Waals surface area contributed by atoms with Crippen molar-refractivity contribution in [1.29, 1.82) is 0 Å². The van der Waals surface area contributed by atoms with Crippen molar-refractivity contribution >= 4 is 5.96 Å². The molecule has 0 aliphatic carbocycles. The van der Waals surface area contributed by atoms with Crippen LogP contribution in [0.15, 0.2) is 4.99 Å². The maximum Gasteiger partial charge on any atom is 0.191 e. The van der Waals surface area contributed by atoms with E-state index in [1.165, 1.54) is 12.8 Å². The van der Waals surface area contributed by atoms with Crippen molar-refractivity contribution in [2.24, 2.45) is 16.6 Å². The molecule has 1 rings (SSSR count). The number of nitrogens with two attached hydrogens (primary N) is 1. The molecule has 0 saturated carbocycles. The first-order valence-corrected chi connectivity index (χ1v) is 5.29. The van der Waals surface area contributed by atoms with E-state index in [0.717, 1.165) is 37.9 Å². The molecule has 1 fully saturated rings. The molecule has 3 nitrogen and oxygen atoms in total. The van der Waals surface area contributed by atoms with E-state index in [2.05, 4.69) is 23.7 Å². The average Bonchev–Trinajstić information content (AvgIpc) is 2.15. The zero-order valence-corrected chi connectivity index (χ0v) is 8.79. The summed E-state index contributed by atoms with van der Waals surface area (Å²) in [6, 6.07) is 0. The zero-order valence-electron chi connectivity index (χ0n) is 8.79. The molecule has 0 aromatic carbocycles. The molecule has 0 aromatic rings. The van der Waals surface area contributed by atoms with Gasteiger partial charge in [0.15, 0.2) is 5.96 Å². The number of aliphatic imine (C=N–C) groups is 1. The summed E-state index contributed by atoms with van der Waals surface area (Å²) < 4.78 is 0. The summed E-state index contributed by atoms with van der Waals surface area (Å²) in [4.78, 5) is 6.52. The average molecular weight is 183 g/mol. The van der Waals surface area contributed by atoms with Crippen molar-refractivity contribution in [1.82, 2.24) is 4.90 Å². The van der Waals surface area contributed by atoms with E-state index in [-0.39, 0.29) is 0 Å². The van der Waals surface area contributed by atoms with Crippen molar-refractivity contribution in [3.63, 3.8) is 0 Å². The summed E-state index contributed by atoms with van der Waals surface area (Å²) in [5.74, 6) is 1.60. The summed E-state index contributed by atoms with van der Waals surface area (Å²) in [5, 5.41) is 0. The standard InChI is InChI=1S/C10H21N3/c1-3-6-12-10(11)13-7-4-9(2)5-8-13/h9H,3-8H2,1-2H3,(H2,11,12). The van der Waals surface area contributed by atoms with Gasteiger partial charge in [-0.3, -0.25) is 4.99 Å². The van der Waals surface area contributed by atoms with Gasteiger partial charge in [-0.25, -0.2) is 0 Å². The van der Waals surface area contributed by atoms with Crippen LogP contribution < -0.4 is 5.73 Å². The van der Waals surface area contributed by atoms with E-state index < -0.39 is 0 Å². The van der Waals surface area contributed by atoms with Gasteiger partial charge in [0, 0.05) is 19.6 Å². The summed E-state index contributed by atoms with van der Waals surface area (Å²) in [7, 11) is 0. The van der Waals surface area contributed by atoms with Gasteiger partial charge in [-0.05, 0) is 25.2 Å². The number of rotatable bonds is 2. The lowest BCUT2D eigenvalue weighted by Gasteiger charge is -2.30. The second kappa shape index (κ2) is 5.10. The molecule has 0 spiro atoms. The molecule has 0 amide bonds. The normalized spacial score (nSPS) is 20.8. The molecule has 1 heterocycles. The second-order valence-electron chi connectivity index (χ2n) is 3.91. The predicted molar refractivity (Wildman–Crippen MR) is 56.8 cm³/mol.